The summed E-state index contributed by atoms with van der Waals surface area (Å²) in [6.45, 7) is 6.25. The van der Waals surface area contributed by atoms with Gasteiger partial charge in [0.15, 0.2) is 0 Å². The maximum atomic E-state index is 12.3. The highest BCUT2D eigenvalue weighted by Gasteiger charge is 2.11. The van der Waals surface area contributed by atoms with Gasteiger partial charge in [0.05, 0.1) is 11.9 Å². The van der Waals surface area contributed by atoms with Gasteiger partial charge in [0, 0.05) is 37.7 Å². The number of imidazole rings is 1. The van der Waals surface area contributed by atoms with Crippen LogP contribution >= 0.6 is 0 Å². The van der Waals surface area contributed by atoms with Crippen molar-refractivity contribution >= 4 is 11.6 Å². The Labute approximate surface area is 125 Å². The van der Waals surface area contributed by atoms with Crippen LogP contribution in [0, 0.1) is 6.92 Å². The van der Waals surface area contributed by atoms with Gasteiger partial charge in [-0.25, -0.2) is 4.98 Å². The van der Waals surface area contributed by atoms with Gasteiger partial charge in [0.2, 0.25) is 0 Å². The summed E-state index contributed by atoms with van der Waals surface area (Å²) in [6, 6.07) is 5.90. The molecule has 2 rings (SSSR count). The molecule has 1 aromatic carbocycles. The fourth-order valence-electron chi connectivity index (χ4n) is 2.07. The second-order valence-electron chi connectivity index (χ2n) is 5.03. The molecule has 0 atom stereocenters. The van der Waals surface area contributed by atoms with E-state index in [1.54, 1.807) is 12.5 Å². The van der Waals surface area contributed by atoms with E-state index in [0.29, 0.717) is 12.1 Å². The molecule has 0 aliphatic rings. The van der Waals surface area contributed by atoms with Gasteiger partial charge in [-0.2, -0.15) is 0 Å². The fourth-order valence-corrected chi connectivity index (χ4v) is 2.07. The van der Waals surface area contributed by atoms with E-state index < -0.39 is 0 Å². The summed E-state index contributed by atoms with van der Waals surface area (Å²) >= 11 is 0. The molecule has 2 aromatic rings. The van der Waals surface area contributed by atoms with Crippen molar-refractivity contribution in [1.29, 1.82) is 0 Å². The summed E-state index contributed by atoms with van der Waals surface area (Å²) in [5.41, 5.74) is 2.67. The van der Waals surface area contributed by atoms with Crippen LogP contribution in [-0.4, -0.2) is 28.5 Å². The maximum absolute atomic E-state index is 12.3. The lowest BCUT2D eigenvalue weighted by molar-refractivity contribution is 0.0953. The minimum absolute atomic E-state index is 0.0441. The molecule has 1 aromatic heterocycles. The minimum Gasteiger partial charge on any atom is -0.384 e. The van der Waals surface area contributed by atoms with E-state index in [1.807, 2.05) is 35.9 Å². The van der Waals surface area contributed by atoms with Gasteiger partial charge in [0.1, 0.15) is 0 Å². The van der Waals surface area contributed by atoms with E-state index in [9.17, 15) is 4.79 Å². The topological polar surface area (TPSA) is 59.0 Å². The molecule has 2 N–H and O–H groups in total. The summed E-state index contributed by atoms with van der Waals surface area (Å²) in [6.07, 6.45) is 6.38. The zero-order chi connectivity index (χ0) is 15.1. The third-order valence-corrected chi connectivity index (χ3v) is 3.20. The normalized spacial score (nSPS) is 10.4. The molecule has 0 aliphatic carbocycles. The molecular formula is C16H22N4O. The van der Waals surface area contributed by atoms with Crippen LogP contribution in [0.2, 0.25) is 0 Å². The Balaban J connectivity index is 1.98. The number of nitrogens with one attached hydrogen (secondary N) is 2. The molecule has 1 heterocycles. The number of hydrogen-bond donors (Lipinski definition) is 2. The second-order valence-corrected chi connectivity index (χ2v) is 5.03. The number of nitrogens with zero attached hydrogens (tertiary/aromatic N) is 2. The number of benzene rings is 1. The smallest absolute Gasteiger partial charge is 0.253 e. The highest BCUT2D eigenvalue weighted by atomic mass is 16.1. The Morgan fingerprint density at radius 1 is 1.33 bits per heavy atom. The lowest BCUT2D eigenvalue weighted by Gasteiger charge is -2.13. The monoisotopic (exact) mass is 286 g/mol. The summed E-state index contributed by atoms with van der Waals surface area (Å²) in [5.74, 6) is -0.0441. The number of carbonyl (C=O) groups excluding carboxylic acids is 1. The quantitative estimate of drug-likeness (QED) is 0.822. The number of hydrogen-bond acceptors (Lipinski definition) is 3. The molecule has 5 heteroatoms. The third-order valence-electron chi connectivity index (χ3n) is 3.20. The molecule has 0 unspecified atom stereocenters. The summed E-state index contributed by atoms with van der Waals surface area (Å²) in [4.78, 5) is 16.3. The molecule has 0 saturated heterocycles. The Bertz CT molecular complexity index is 578. The summed E-state index contributed by atoms with van der Waals surface area (Å²) in [5, 5.41) is 6.25. The van der Waals surface area contributed by atoms with Crippen LogP contribution in [-0.2, 0) is 6.54 Å². The molecule has 5 nitrogen and oxygen atoms in total. The van der Waals surface area contributed by atoms with Crippen molar-refractivity contribution in [3.63, 3.8) is 0 Å². The first kappa shape index (κ1) is 15.1. The van der Waals surface area contributed by atoms with E-state index in [0.717, 1.165) is 30.8 Å². The zero-order valence-electron chi connectivity index (χ0n) is 12.6. The predicted molar refractivity (Wildman–Crippen MR) is 84.5 cm³/mol. The van der Waals surface area contributed by atoms with Crippen molar-refractivity contribution in [2.75, 3.05) is 18.4 Å². The molecule has 0 spiro atoms. The average molecular weight is 286 g/mol. The van der Waals surface area contributed by atoms with Gasteiger partial charge < -0.3 is 15.2 Å². The van der Waals surface area contributed by atoms with Crippen molar-refractivity contribution in [2.24, 2.45) is 0 Å². The molecule has 21 heavy (non-hydrogen) atoms. The van der Waals surface area contributed by atoms with Crippen molar-refractivity contribution in [3.05, 3.63) is 48.0 Å². The number of anilines is 1. The maximum Gasteiger partial charge on any atom is 0.253 e. The second kappa shape index (κ2) is 7.47. The van der Waals surface area contributed by atoms with E-state index in [1.165, 1.54) is 0 Å². The Hall–Kier alpha value is -2.30. The number of carbonyl (C=O) groups is 1. The summed E-state index contributed by atoms with van der Waals surface area (Å²) < 4.78 is 1.94. The van der Waals surface area contributed by atoms with Gasteiger partial charge in [-0.05, 0) is 25.5 Å². The summed E-state index contributed by atoms with van der Waals surface area (Å²) in [7, 11) is 0. The van der Waals surface area contributed by atoms with Crippen LogP contribution in [0.15, 0.2) is 36.9 Å². The minimum atomic E-state index is -0.0441. The first-order valence-corrected chi connectivity index (χ1v) is 7.29. The first-order valence-electron chi connectivity index (χ1n) is 7.29. The largest absolute Gasteiger partial charge is 0.384 e. The Morgan fingerprint density at radius 2 is 2.19 bits per heavy atom. The molecule has 0 aliphatic heterocycles. The van der Waals surface area contributed by atoms with E-state index in [2.05, 4.69) is 22.5 Å². The lowest BCUT2D eigenvalue weighted by atomic mass is 10.1. The van der Waals surface area contributed by atoms with Crippen LogP contribution in [0.1, 0.15) is 29.3 Å². The number of aryl methyl sites for hydroxylation is 1. The molecule has 0 saturated carbocycles. The van der Waals surface area contributed by atoms with Crippen LogP contribution in [0.25, 0.3) is 0 Å². The van der Waals surface area contributed by atoms with Gasteiger partial charge in [-0.15, -0.1) is 0 Å². The molecule has 1 amide bonds. The molecule has 0 radical (unpaired) electrons. The lowest BCUT2D eigenvalue weighted by Crippen LogP contribution is -2.28. The Kier molecular flexibility index (Phi) is 5.37. The number of rotatable bonds is 7. The van der Waals surface area contributed by atoms with Crippen LogP contribution < -0.4 is 10.6 Å². The highest BCUT2D eigenvalue weighted by molar-refractivity contribution is 5.99. The van der Waals surface area contributed by atoms with Crippen molar-refractivity contribution in [1.82, 2.24) is 14.9 Å². The molecule has 0 bridgehead atoms. The Morgan fingerprint density at radius 3 is 2.90 bits per heavy atom. The van der Waals surface area contributed by atoms with Crippen molar-refractivity contribution in [3.8, 4) is 0 Å². The SMILES string of the molecule is CCCNc1ccc(C)cc1C(=O)NCCn1ccnc1. The van der Waals surface area contributed by atoms with Crippen molar-refractivity contribution < 1.29 is 4.79 Å². The van der Waals surface area contributed by atoms with Gasteiger partial charge in [0.25, 0.3) is 5.91 Å². The predicted octanol–water partition coefficient (Wildman–Crippen LogP) is 2.44. The standard InChI is InChI=1S/C16H22N4O/c1-3-6-18-15-5-4-13(2)11-14(15)16(21)19-8-10-20-9-7-17-12-20/h4-5,7,9,11-12,18H,3,6,8,10H2,1-2H3,(H,19,21). The molecular weight excluding hydrogens is 264 g/mol. The third kappa shape index (κ3) is 4.34. The van der Waals surface area contributed by atoms with Gasteiger partial charge >= 0.3 is 0 Å². The number of amides is 1. The van der Waals surface area contributed by atoms with Crippen molar-refractivity contribution in [2.45, 2.75) is 26.8 Å². The van der Waals surface area contributed by atoms with Crippen LogP contribution in [0.4, 0.5) is 5.69 Å². The van der Waals surface area contributed by atoms with E-state index in [-0.39, 0.29) is 5.91 Å². The number of aromatic nitrogens is 2. The van der Waals surface area contributed by atoms with Gasteiger partial charge in [-0.1, -0.05) is 18.6 Å². The highest BCUT2D eigenvalue weighted by Crippen LogP contribution is 2.17. The molecule has 112 valence electrons. The van der Waals surface area contributed by atoms with Gasteiger partial charge in [-0.3, -0.25) is 4.79 Å². The first-order chi connectivity index (χ1) is 10.2. The fraction of sp³-hybridized carbons (Fsp3) is 0.375. The average Bonchev–Trinajstić information content (AvgIpc) is 2.99. The van der Waals surface area contributed by atoms with E-state index >= 15 is 0 Å². The van der Waals surface area contributed by atoms with Crippen LogP contribution in [0.3, 0.4) is 0 Å². The van der Waals surface area contributed by atoms with Crippen LogP contribution in [0.5, 0.6) is 0 Å². The van der Waals surface area contributed by atoms with E-state index in [4.69, 9.17) is 0 Å². The molecule has 0 fully saturated rings. The zero-order valence-corrected chi connectivity index (χ0v) is 12.6.